The Morgan fingerprint density at radius 1 is 0.750 bits per heavy atom. The maximum absolute atomic E-state index is 2.66. The third-order valence-electron chi connectivity index (χ3n) is 10.9. The highest BCUT2D eigenvalue weighted by Gasteiger charge is 2.49. The van der Waals surface area contributed by atoms with Crippen LogP contribution in [0.4, 0.5) is 0 Å². The topological polar surface area (TPSA) is 0 Å². The van der Waals surface area contributed by atoms with Crippen molar-refractivity contribution in [1.29, 1.82) is 0 Å². The number of hydrogen-bond acceptors (Lipinski definition) is 0. The van der Waals surface area contributed by atoms with Crippen LogP contribution < -0.4 is 5.19 Å². The molecule has 0 saturated heterocycles. The third-order valence-corrected chi connectivity index (χ3v) is 14.5. The SMILES string of the molecule is CC1=Cc2c(-c3cc(C)ccc3C)cc(C)cc2C1c1cc2c3c(-c4ccc(C(C)(C)C)cc4)c1[Si](C)(C)C3=C(C(C)C)C2. The molecule has 7 rings (SSSR count). The molecule has 1 heterocycles. The first kappa shape index (κ1) is 29.3. The summed E-state index contributed by atoms with van der Waals surface area (Å²) < 4.78 is 0. The van der Waals surface area contributed by atoms with Crippen molar-refractivity contribution >= 4 is 24.5 Å². The van der Waals surface area contributed by atoms with Gasteiger partial charge >= 0.3 is 0 Å². The Labute approximate surface area is 267 Å². The van der Waals surface area contributed by atoms with Gasteiger partial charge in [-0.1, -0.05) is 137 Å². The van der Waals surface area contributed by atoms with Crippen molar-refractivity contribution in [2.45, 2.75) is 93.2 Å². The van der Waals surface area contributed by atoms with Crippen molar-refractivity contribution in [3.8, 4) is 22.3 Å². The summed E-state index contributed by atoms with van der Waals surface area (Å²) in [6.07, 6.45) is 3.63. The lowest BCUT2D eigenvalue weighted by Gasteiger charge is -2.29. The van der Waals surface area contributed by atoms with E-state index in [1.165, 1.54) is 55.6 Å². The van der Waals surface area contributed by atoms with E-state index in [-0.39, 0.29) is 5.41 Å². The van der Waals surface area contributed by atoms with Gasteiger partial charge in [0.15, 0.2) is 0 Å². The fraction of sp³-hybridized carbons (Fsp3) is 0.349. The molecule has 1 unspecified atom stereocenters. The average molecular weight is 593 g/mol. The standard InChI is InChI=1S/C43H48Si/c1-24(2)32-22-30-23-37(42-39(40(30)41(32)44(42,10)11)29-14-16-31(17-15-29)43(7,8)9)38-28(6)21-35-34(19-26(4)20-36(35)38)33-18-25(3)12-13-27(33)5/h12-21,23-24,38H,22H2,1-11H3. The van der Waals surface area contributed by atoms with Crippen molar-refractivity contribution in [1.82, 2.24) is 0 Å². The molecular weight excluding hydrogens is 545 g/mol. The van der Waals surface area contributed by atoms with Crippen molar-refractivity contribution in [2.75, 3.05) is 0 Å². The predicted octanol–water partition coefficient (Wildman–Crippen LogP) is 11.2. The molecule has 1 heteroatoms. The average Bonchev–Trinajstić information content (AvgIpc) is 3.55. The lowest BCUT2D eigenvalue weighted by Crippen LogP contribution is -2.43. The van der Waals surface area contributed by atoms with Gasteiger partial charge < -0.3 is 0 Å². The van der Waals surface area contributed by atoms with Crippen LogP contribution in [0.25, 0.3) is 33.5 Å². The normalized spacial score (nSPS) is 18.0. The summed E-state index contributed by atoms with van der Waals surface area (Å²) >= 11 is 0. The lowest BCUT2D eigenvalue weighted by atomic mass is 9.82. The van der Waals surface area contributed by atoms with Crippen LogP contribution in [0.2, 0.25) is 13.1 Å². The molecule has 1 atom stereocenters. The second-order valence-corrected chi connectivity index (χ2v) is 20.1. The van der Waals surface area contributed by atoms with Gasteiger partial charge in [0.25, 0.3) is 0 Å². The van der Waals surface area contributed by atoms with Crippen molar-refractivity contribution in [2.24, 2.45) is 5.92 Å². The van der Waals surface area contributed by atoms with Gasteiger partial charge in [-0.25, -0.2) is 0 Å². The maximum Gasteiger partial charge on any atom is 0.114 e. The Morgan fingerprint density at radius 2 is 1.43 bits per heavy atom. The molecule has 44 heavy (non-hydrogen) atoms. The first-order valence-electron chi connectivity index (χ1n) is 16.6. The molecule has 224 valence electrons. The molecule has 4 aromatic carbocycles. The van der Waals surface area contributed by atoms with Gasteiger partial charge in [-0.2, -0.15) is 0 Å². The van der Waals surface area contributed by atoms with Gasteiger partial charge in [-0.15, -0.1) is 0 Å². The molecule has 0 radical (unpaired) electrons. The van der Waals surface area contributed by atoms with E-state index in [1.54, 1.807) is 38.2 Å². The van der Waals surface area contributed by atoms with E-state index in [0.29, 0.717) is 11.8 Å². The molecule has 0 N–H and O–H groups in total. The summed E-state index contributed by atoms with van der Waals surface area (Å²) in [5.41, 5.74) is 22.2. The van der Waals surface area contributed by atoms with Gasteiger partial charge in [0.05, 0.1) is 0 Å². The highest BCUT2D eigenvalue weighted by atomic mass is 28.3. The van der Waals surface area contributed by atoms with Gasteiger partial charge in [0.2, 0.25) is 0 Å². The van der Waals surface area contributed by atoms with E-state index in [9.17, 15) is 0 Å². The quantitative estimate of drug-likeness (QED) is 0.207. The summed E-state index contributed by atoms with van der Waals surface area (Å²) in [6, 6.07) is 24.1. The van der Waals surface area contributed by atoms with Crippen LogP contribution in [0.1, 0.15) is 97.5 Å². The summed E-state index contributed by atoms with van der Waals surface area (Å²) in [7, 11) is -1.96. The fourth-order valence-electron chi connectivity index (χ4n) is 8.74. The summed E-state index contributed by atoms with van der Waals surface area (Å²) in [5.74, 6) is 0.885. The van der Waals surface area contributed by atoms with Gasteiger partial charge in [0, 0.05) is 5.92 Å². The van der Waals surface area contributed by atoms with Crippen LogP contribution in [-0.4, -0.2) is 8.07 Å². The third kappa shape index (κ3) is 4.22. The van der Waals surface area contributed by atoms with Gasteiger partial charge in [-0.05, 0) is 117 Å². The van der Waals surface area contributed by atoms with Crippen LogP contribution >= 0.6 is 0 Å². The largest absolute Gasteiger partial charge is 0.114 e. The summed E-state index contributed by atoms with van der Waals surface area (Å²) in [6.45, 7) is 26.2. The molecule has 0 spiro atoms. The van der Waals surface area contributed by atoms with Crippen LogP contribution in [0.5, 0.6) is 0 Å². The Balaban J connectivity index is 1.49. The molecule has 0 nitrogen and oxygen atoms in total. The first-order valence-corrected chi connectivity index (χ1v) is 19.6. The second kappa shape index (κ2) is 9.79. The number of aryl methyl sites for hydroxylation is 3. The minimum absolute atomic E-state index is 0.149. The minimum atomic E-state index is -1.96. The van der Waals surface area contributed by atoms with Gasteiger partial charge in [0.1, 0.15) is 8.07 Å². The zero-order valence-electron chi connectivity index (χ0n) is 28.7. The van der Waals surface area contributed by atoms with E-state index in [1.807, 2.05) is 0 Å². The highest BCUT2D eigenvalue weighted by Crippen LogP contribution is 2.55. The monoisotopic (exact) mass is 592 g/mol. The molecule has 4 aromatic rings. The first-order chi connectivity index (χ1) is 20.7. The molecular formula is C43H48Si. The molecule has 0 amide bonds. The molecule has 2 aliphatic carbocycles. The predicted molar refractivity (Wildman–Crippen MR) is 195 cm³/mol. The van der Waals surface area contributed by atoms with Crippen LogP contribution in [0, 0.1) is 26.7 Å². The van der Waals surface area contributed by atoms with E-state index in [0.717, 1.165) is 6.42 Å². The summed E-state index contributed by atoms with van der Waals surface area (Å²) in [5, 5.41) is 3.44. The maximum atomic E-state index is 2.66. The smallest absolute Gasteiger partial charge is 0.0630 e. The highest BCUT2D eigenvalue weighted by molar-refractivity contribution is 7.07. The second-order valence-electron chi connectivity index (χ2n) is 15.9. The molecule has 1 aliphatic heterocycles. The number of fused-ring (bicyclic) bond motifs is 2. The molecule has 0 fully saturated rings. The molecule has 0 aromatic heterocycles. The fourth-order valence-corrected chi connectivity index (χ4v) is 12.9. The van der Waals surface area contributed by atoms with Crippen LogP contribution in [-0.2, 0) is 11.8 Å². The zero-order chi connectivity index (χ0) is 31.5. The minimum Gasteiger partial charge on any atom is -0.0630 e. The molecule has 3 aliphatic rings. The number of allylic oxidation sites excluding steroid dienone is 2. The van der Waals surface area contributed by atoms with Crippen LogP contribution in [0.3, 0.4) is 0 Å². The number of benzene rings is 4. The van der Waals surface area contributed by atoms with E-state index < -0.39 is 8.07 Å². The van der Waals surface area contributed by atoms with Crippen molar-refractivity contribution < 1.29 is 0 Å². The van der Waals surface area contributed by atoms with Crippen molar-refractivity contribution in [3.63, 3.8) is 0 Å². The molecule has 2 bridgehead atoms. The zero-order valence-corrected chi connectivity index (χ0v) is 29.7. The Morgan fingerprint density at radius 3 is 2.09 bits per heavy atom. The Bertz CT molecular complexity index is 1930. The van der Waals surface area contributed by atoms with E-state index in [2.05, 4.69) is 142 Å². The van der Waals surface area contributed by atoms with Crippen LogP contribution in [0.15, 0.2) is 71.8 Å². The van der Waals surface area contributed by atoms with E-state index in [4.69, 9.17) is 0 Å². The Kier molecular flexibility index (Phi) is 6.52. The lowest BCUT2D eigenvalue weighted by molar-refractivity contribution is 0.590. The number of rotatable bonds is 4. The summed E-state index contributed by atoms with van der Waals surface area (Å²) in [4.78, 5) is 0. The van der Waals surface area contributed by atoms with Crippen molar-refractivity contribution in [3.05, 3.63) is 122 Å². The number of hydrogen-bond donors (Lipinski definition) is 0. The van der Waals surface area contributed by atoms with E-state index >= 15 is 0 Å². The Hall–Kier alpha value is -3.42. The van der Waals surface area contributed by atoms with Gasteiger partial charge in [-0.3, -0.25) is 0 Å². The molecule has 0 saturated carbocycles.